The summed E-state index contributed by atoms with van der Waals surface area (Å²) in [5.74, 6) is 0. The largest absolute Gasteiger partial charge is 0.376 e. The number of aromatic nitrogens is 2. The van der Waals surface area contributed by atoms with Gasteiger partial charge in [-0.15, -0.1) is 0 Å². The van der Waals surface area contributed by atoms with Gasteiger partial charge in [-0.25, -0.2) is 5.10 Å². The molecule has 6 heteroatoms. The van der Waals surface area contributed by atoms with Crippen molar-refractivity contribution in [3.05, 3.63) is 21.6 Å². The second-order valence-electron chi connectivity index (χ2n) is 4.23. The molecule has 0 saturated carbocycles. The predicted molar refractivity (Wildman–Crippen MR) is 61.9 cm³/mol. The summed E-state index contributed by atoms with van der Waals surface area (Å²) in [6, 6.07) is 0. The third-order valence-corrected chi connectivity index (χ3v) is 3.48. The van der Waals surface area contributed by atoms with E-state index in [2.05, 4.69) is 15.5 Å². The van der Waals surface area contributed by atoms with Gasteiger partial charge in [0.05, 0.1) is 23.5 Å². The highest BCUT2D eigenvalue weighted by Gasteiger charge is 2.37. The molecule has 1 fully saturated rings. The van der Waals surface area contributed by atoms with Gasteiger partial charge in [0.1, 0.15) is 5.02 Å². The molecular formula is C10H14ClN3O2. The lowest BCUT2D eigenvalue weighted by atomic mass is 9.94. The maximum absolute atomic E-state index is 11.3. The van der Waals surface area contributed by atoms with Crippen LogP contribution in [0.4, 0.5) is 5.69 Å². The topological polar surface area (TPSA) is 67.0 Å². The molecule has 2 rings (SSSR count). The van der Waals surface area contributed by atoms with Crippen molar-refractivity contribution in [2.45, 2.75) is 31.9 Å². The Labute approximate surface area is 98.2 Å². The molecule has 0 radical (unpaired) electrons. The molecule has 16 heavy (non-hydrogen) atoms. The van der Waals surface area contributed by atoms with Crippen LogP contribution in [0.15, 0.2) is 11.0 Å². The van der Waals surface area contributed by atoms with Gasteiger partial charge >= 0.3 is 0 Å². The maximum Gasteiger partial charge on any atom is 0.285 e. The highest BCUT2D eigenvalue weighted by Crippen LogP contribution is 2.30. The lowest BCUT2D eigenvalue weighted by molar-refractivity contribution is 0.105. The number of hydrogen-bond acceptors (Lipinski definition) is 4. The number of ether oxygens (including phenoxy) is 1. The Morgan fingerprint density at radius 1 is 1.75 bits per heavy atom. The molecule has 2 unspecified atom stereocenters. The summed E-state index contributed by atoms with van der Waals surface area (Å²) in [6.07, 6.45) is 2.46. The molecule has 2 N–H and O–H groups in total. The fourth-order valence-electron chi connectivity index (χ4n) is 1.78. The number of hydrogen-bond donors (Lipinski definition) is 2. The number of nitrogens with zero attached hydrogens (tertiary/aromatic N) is 1. The average Bonchev–Trinajstić information content (AvgIpc) is 2.55. The molecule has 1 aromatic rings. The lowest BCUT2D eigenvalue weighted by Gasteiger charge is -2.30. The first-order chi connectivity index (χ1) is 7.53. The van der Waals surface area contributed by atoms with Crippen molar-refractivity contribution in [2.75, 3.05) is 11.9 Å². The standard InChI is InChI=1S/C10H14ClN3O2/c1-6-10(2,3-4-16-6)13-7-5-12-14-9(15)8(7)11/h5-6H,3-4H2,1-2H3,(H2,13,14,15). The Balaban J connectivity index is 2.27. The molecule has 2 atom stereocenters. The number of aromatic amines is 1. The number of nitrogens with one attached hydrogen (secondary N) is 2. The molecule has 5 nitrogen and oxygen atoms in total. The van der Waals surface area contributed by atoms with Gasteiger partial charge in [-0.3, -0.25) is 4.79 Å². The van der Waals surface area contributed by atoms with Gasteiger partial charge in [-0.05, 0) is 20.3 Å². The highest BCUT2D eigenvalue weighted by molar-refractivity contribution is 6.32. The molecular weight excluding hydrogens is 230 g/mol. The van der Waals surface area contributed by atoms with E-state index in [1.807, 2.05) is 13.8 Å². The van der Waals surface area contributed by atoms with E-state index in [-0.39, 0.29) is 22.2 Å². The van der Waals surface area contributed by atoms with Crippen molar-refractivity contribution in [3.8, 4) is 0 Å². The summed E-state index contributed by atoms with van der Waals surface area (Å²) in [7, 11) is 0. The highest BCUT2D eigenvalue weighted by atomic mass is 35.5. The molecule has 0 spiro atoms. The first-order valence-electron chi connectivity index (χ1n) is 5.16. The zero-order valence-corrected chi connectivity index (χ0v) is 9.97. The number of anilines is 1. The van der Waals surface area contributed by atoms with Crippen molar-refractivity contribution in [3.63, 3.8) is 0 Å². The molecule has 0 aliphatic carbocycles. The monoisotopic (exact) mass is 243 g/mol. The molecule has 88 valence electrons. The third-order valence-electron chi connectivity index (χ3n) is 3.10. The van der Waals surface area contributed by atoms with E-state index in [9.17, 15) is 4.79 Å². The zero-order chi connectivity index (χ0) is 11.8. The van der Waals surface area contributed by atoms with Gasteiger partial charge in [-0.2, -0.15) is 5.10 Å². The molecule has 0 amide bonds. The van der Waals surface area contributed by atoms with Crippen molar-refractivity contribution in [1.29, 1.82) is 0 Å². The Morgan fingerprint density at radius 3 is 3.12 bits per heavy atom. The predicted octanol–water partition coefficient (Wildman–Crippen LogP) is 1.40. The summed E-state index contributed by atoms with van der Waals surface area (Å²) in [5.41, 5.74) is -0.0499. The van der Waals surface area contributed by atoms with E-state index in [1.165, 1.54) is 6.20 Å². The minimum Gasteiger partial charge on any atom is -0.376 e. The Morgan fingerprint density at radius 2 is 2.50 bits per heavy atom. The van der Waals surface area contributed by atoms with Crippen LogP contribution in [0.1, 0.15) is 20.3 Å². The maximum atomic E-state index is 11.3. The van der Waals surface area contributed by atoms with Gasteiger partial charge in [0.2, 0.25) is 0 Å². The zero-order valence-electron chi connectivity index (χ0n) is 9.21. The number of halogens is 1. The summed E-state index contributed by atoms with van der Waals surface area (Å²) < 4.78 is 5.50. The normalized spacial score (nSPS) is 29.3. The summed E-state index contributed by atoms with van der Waals surface area (Å²) in [4.78, 5) is 11.3. The summed E-state index contributed by atoms with van der Waals surface area (Å²) in [6.45, 7) is 4.75. The van der Waals surface area contributed by atoms with Crippen LogP contribution in [-0.4, -0.2) is 28.4 Å². The molecule has 1 aliphatic heterocycles. The van der Waals surface area contributed by atoms with E-state index < -0.39 is 0 Å². The van der Waals surface area contributed by atoms with Crippen LogP contribution in [0, 0.1) is 0 Å². The van der Waals surface area contributed by atoms with Gasteiger partial charge in [-0.1, -0.05) is 11.6 Å². The molecule has 1 aliphatic rings. The summed E-state index contributed by atoms with van der Waals surface area (Å²) in [5, 5.41) is 9.37. The number of H-pyrrole nitrogens is 1. The van der Waals surface area contributed by atoms with Crippen LogP contribution < -0.4 is 10.9 Å². The number of rotatable bonds is 2. The third kappa shape index (κ3) is 1.92. The van der Waals surface area contributed by atoms with Crippen LogP contribution >= 0.6 is 11.6 Å². The SMILES string of the molecule is CC1OCCC1(C)Nc1cn[nH]c(=O)c1Cl. The smallest absolute Gasteiger partial charge is 0.285 e. The first kappa shape index (κ1) is 11.4. The molecule has 0 bridgehead atoms. The van der Waals surface area contributed by atoms with E-state index >= 15 is 0 Å². The lowest BCUT2D eigenvalue weighted by Crippen LogP contribution is -2.41. The van der Waals surface area contributed by atoms with Crippen LogP contribution in [0.2, 0.25) is 5.02 Å². The van der Waals surface area contributed by atoms with Crippen molar-refractivity contribution >= 4 is 17.3 Å². The Kier molecular flexibility index (Phi) is 2.90. The van der Waals surface area contributed by atoms with Crippen LogP contribution in [0.25, 0.3) is 0 Å². The fourth-order valence-corrected chi connectivity index (χ4v) is 1.92. The molecule has 1 aromatic heterocycles. The Hall–Kier alpha value is -1.07. The van der Waals surface area contributed by atoms with Crippen molar-refractivity contribution in [1.82, 2.24) is 10.2 Å². The van der Waals surface area contributed by atoms with E-state index in [0.29, 0.717) is 12.3 Å². The average molecular weight is 244 g/mol. The van der Waals surface area contributed by atoms with Gasteiger partial charge < -0.3 is 10.1 Å². The van der Waals surface area contributed by atoms with Crippen molar-refractivity contribution in [2.24, 2.45) is 0 Å². The quantitative estimate of drug-likeness (QED) is 0.824. The van der Waals surface area contributed by atoms with E-state index in [0.717, 1.165) is 6.42 Å². The van der Waals surface area contributed by atoms with Crippen LogP contribution in [-0.2, 0) is 4.74 Å². The second kappa shape index (κ2) is 4.07. The van der Waals surface area contributed by atoms with E-state index in [1.54, 1.807) is 0 Å². The van der Waals surface area contributed by atoms with Gasteiger partial charge in [0, 0.05) is 6.61 Å². The van der Waals surface area contributed by atoms with E-state index in [4.69, 9.17) is 16.3 Å². The summed E-state index contributed by atoms with van der Waals surface area (Å²) >= 11 is 5.89. The van der Waals surface area contributed by atoms with Crippen LogP contribution in [0.3, 0.4) is 0 Å². The second-order valence-corrected chi connectivity index (χ2v) is 4.61. The first-order valence-corrected chi connectivity index (χ1v) is 5.54. The fraction of sp³-hybridized carbons (Fsp3) is 0.600. The van der Waals surface area contributed by atoms with Crippen LogP contribution in [0.5, 0.6) is 0 Å². The van der Waals surface area contributed by atoms with Gasteiger partial charge in [0.25, 0.3) is 5.56 Å². The molecule has 2 heterocycles. The Bertz CT molecular complexity index is 448. The molecule has 0 aromatic carbocycles. The molecule has 1 saturated heterocycles. The van der Waals surface area contributed by atoms with Gasteiger partial charge in [0.15, 0.2) is 0 Å². The minimum absolute atomic E-state index is 0.0721. The van der Waals surface area contributed by atoms with Crippen molar-refractivity contribution < 1.29 is 4.74 Å². The minimum atomic E-state index is -0.387.